The summed E-state index contributed by atoms with van der Waals surface area (Å²) in [5, 5.41) is -1.42. The molecule has 6 nitrogen and oxygen atoms in total. The van der Waals surface area contributed by atoms with Crippen LogP contribution in [0.4, 0.5) is 31.1 Å². The van der Waals surface area contributed by atoms with Crippen LogP contribution in [0.25, 0.3) is 0 Å². The number of alkyl halides is 6. The molecule has 0 bridgehead atoms. The normalized spacial score (nSPS) is 15.5. The predicted molar refractivity (Wildman–Crippen MR) is 76.4 cm³/mol. The van der Waals surface area contributed by atoms with Gasteiger partial charge in [0.2, 0.25) is 0 Å². The maximum absolute atomic E-state index is 13.9. The Morgan fingerprint density at radius 2 is 1.56 bits per heavy atom. The largest absolute Gasteiger partial charge is 0.430 e. The highest BCUT2D eigenvalue weighted by Crippen LogP contribution is 2.46. The van der Waals surface area contributed by atoms with E-state index < -0.39 is 50.8 Å². The van der Waals surface area contributed by atoms with Crippen molar-refractivity contribution in [3.8, 4) is 0 Å². The lowest BCUT2D eigenvalue weighted by atomic mass is 10.1. The summed E-state index contributed by atoms with van der Waals surface area (Å²) >= 11 is 2.97. The van der Waals surface area contributed by atoms with Gasteiger partial charge in [-0.25, -0.2) is 17.6 Å². The van der Waals surface area contributed by atoms with E-state index in [0.717, 1.165) is 17.0 Å². The van der Waals surface area contributed by atoms with Gasteiger partial charge in [0, 0.05) is 4.47 Å². The molecule has 0 aliphatic carbocycles. The van der Waals surface area contributed by atoms with Crippen molar-refractivity contribution < 1.29 is 39.6 Å². The first kappa shape index (κ1) is 21.5. The summed E-state index contributed by atoms with van der Waals surface area (Å²) < 4.78 is 103. The van der Waals surface area contributed by atoms with Gasteiger partial charge in [0.1, 0.15) is 0 Å². The van der Waals surface area contributed by atoms with Gasteiger partial charge in [-0.1, -0.05) is 15.9 Å². The van der Waals surface area contributed by atoms with Crippen LogP contribution in [0.1, 0.15) is 6.92 Å². The first-order chi connectivity index (χ1) is 11.0. The second-order valence-electron chi connectivity index (χ2n) is 4.76. The number of nitrogens with one attached hydrogen (secondary N) is 1. The lowest BCUT2D eigenvalue weighted by molar-refractivity contribution is -0.329. The standard InChI is InChI=1S/C11H10BrF6N3O3S/c1-9(13,10(14,15)16)11(17,18)21(8(19)22)20-25(23,24)7-4-2-6(12)3-5-7/h2-5,20H,1H3,(H2,19,22). The quantitative estimate of drug-likeness (QED) is 0.404. The van der Waals surface area contributed by atoms with Crippen molar-refractivity contribution >= 4 is 32.0 Å². The number of carbonyl (C=O) groups excluding carboxylic acids is 1. The number of carbonyl (C=O) groups is 1. The number of halogens is 7. The summed E-state index contributed by atoms with van der Waals surface area (Å²) in [4.78, 5) is 11.3. The molecule has 1 atom stereocenters. The molecule has 0 aliphatic heterocycles. The monoisotopic (exact) mass is 457 g/mol. The zero-order chi connectivity index (χ0) is 19.8. The van der Waals surface area contributed by atoms with Crippen LogP contribution < -0.4 is 10.6 Å². The van der Waals surface area contributed by atoms with Gasteiger partial charge >= 0.3 is 18.3 Å². The summed E-state index contributed by atoms with van der Waals surface area (Å²) in [5.41, 5.74) is -0.784. The second kappa shape index (κ2) is 6.64. The summed E-state index contributed by atoms with van der Waals surface area (Å²) in [7, 11) is -4.97. The number of nitrogens with two attached hydrogens (primary N) is 1. The minimum Gasteiger partial charge on any atom is -0.350 e. The van der Waals surface area contributed by atoms with Crippen LogP contribution in [-0.4, -0.2) is 37.3 Å². The van der Waals surface area contributed by atoms with Gasteiger partial charge in [-0.15, -0.1) is 4.83 Å². The third kappa shape index (κ3) is 4.17. The molecule has 1 aromatic rings. The lowest BCUT2D eigenvalue weighted by Gasteiger charge is -2.37. The number of urea groups is 1. The molecule has 0 fully saturated rings. The Balaban J connectivity index is 3.33. The molecule has 0 saturated heterocycles. The molecule has 14 heteroatoms. The highest BCUT2D eigenvalue weighted by atomic mass is 79.9. The highest BCUT2D eigenvalue weighted by molar-refractivity contribution is 9.10. The van der Waals surface area contributed by atoms with Crippen molar-refractivity contribution in [2.24, 2.45) is 5.73 Å². The topological polar surface area (TPSA) is 92.5 Å². The van der Waals surface area contributed by atoms with Gasteiger partial charge < -0.3 is 5.73 Å². The second-order valence-corrected chi connectivity index (χ2v) is 7.34. The first-order valence-corrected chi connectivity index (χ1v) is 8.33. The van der Waals surface area contributed by atoms with Crippen molar-refractivity contribution in [1.82, 2.24) is 9.84 Å². The molecule has 0 aromatic heterocycles. The van der Waals surface area contributed by atoms with Crippen LogP contribution in [0.3, 0.4) is 0 Å². The molecule has 142 valence electrons. The molecule has 25 heavy (non-hydrogen) atoms. The number of amides is 2. The zero-order valence-corrected chi connectivity index (χ0v) is 14.5. The van der Waals surface area contributed by atoms with Gasteiger partial charge in [0.05, 0.1) is 4.90 Å². The molecular weight excluding hydrogens is 448 g/mol. The third-order valence-corrected chi connectivity index (χ3v) is 4.78. The maximum Gasteiger partial charge on any atom is 0.430 e. The summed E-state index contributed by atoms with van der Waals surface area (Å²) in [5.74, 6) is 0. The van der Waals surface area contributed by atoms with E-state index in [1.807, 2.05) is 0 Å². The van der Waals surface area contributed by atoms with Crippen molar-refractivity contribution in [3.63, 3.8) is 0 Å². The molecule has 1 rings (SSSR count). The number of hydrazine groups is 1. The van der Waals surface area contributed by atoms with Crippen molar-refractivity contribution in [3.05, 3.63) is 28.7 Å². The first-order valence-electron chi connectivity index (χ1n) is 6.05. The summed E-state index contributed by atoms with van der Waals surface area (Å²) in [6.07, 6.45) is -6.13. The molecular formula is C11H10BrF6N3O3S. The van der Waals surface area contributed by atoms with Crippen molar-refractivity contribution in [2.75, 3.05) is 0 Å². The average Bonchev–Trinajstić information content (AvgIpc) is 2.43. The SMILES string of the molecule is CC(F)(C(F)(F)F)C(F)(F)N(NS(=O)(=O)c1ccc(Br)cc1)C(N)=O. The van der Waals surface area contributed by atoms with Crippen LogP contribution in [0.15, 0.2) is 33.6 Å². The Morgan fingerprint density at radius 3 is 1.92 bits per heavy atom. The van der Waals surface area contributed by atoms with Crippen molar-refractivity contribution in [1.29, 1.82) is 0 Å². The Morgan fingerprint density at radius 1 is 1.12 bits per heavy atom. The molecule has 1 unspecified atom stereocenters. The van der Waals surface area contributed by atoms with Crippen LogP contribution in [0.5, 0.6) is 0 Å². The fraction of sp³-hybridized carbons (Fsp3) is 0.364. The predicted octanol–water partition coefficient (Wildman–Crippen LogP) is 2.91. The Bertz CT molecular complexity index is 751. The minimum atomic E-state index is -6.13. The van der Waals surface area contributed by atoms with Crippen molar-refractivity contribution in [2.45, 2.75) is 29.7 Å². The van der Waals surface area contributed by atoms with Crippen LogP contribution in [0.2, 0.25) is 0 Å². The lowest BCUT2D eigenvalue weighted by Crippen LogP contribution is -2.68. The van der Waals surface area contributed by atoms with E-state index in [4.69, 9.17) is 0 Å². The summed E-state index contributed by atoms with van der Waals surface area (Å²) in [6, 6.07) is -3.89. The Hall–Kier alpha value is -1.54. The molecule has 0 aliphatic rings. The van der Waals surface area contributed by atoms with E-state index in [-0.39, 0.29) is 0 Å². The number of sulfonamides is 1. The van der Waals surface area contributed by atoms with E-state index in [1.54, 1.807) is 0 Å². The van der Waals surface area contributed by atoms with Crippen LogP contribution >= 0.6 is 15.9 Å². The number of benzene rings is 1. The van der Waals surface area contributed by atoms with E-state index >= 15 is 0 Å². The smallest absolute Gasteiger partial charge is 0.350 e. The van der Waals surface area contributed by atoms with Gasteiger partial charge in [-0.3, -0.25) is 0 Å². The molecule has 1 aromatic carbocycles. The average molecular weight is 458 g/mol. The van der Waals surface area contributed by atoms with E-state index in [0.29, 0.717) is 4.47 Å². The Labute approximate surface area is 146 Å². The molecule has 3 N–H and O–H groups in total. The number of hydrogen-bond acceptors (Lipinski definition) is 3. The fourth-order valence-electron chi connectivity index (χ4n) is 1.41. The zero-order valence-electron chi connectivity index (χ0n) is 12.1. The van der Waals surface area contributed by atoms with E-state index in [2.05, 4.69) is 21.7 Å². The van der Waals surface area contributed by atoms with Crippen LogP contribution in [0, 0.1) is 0 Å². The number of primary amides is 1. The van der Waals surface area contributed by atoms with Crippen LogP contribution in [-0.2, 0) is 10.0 Å². The summed E-state index contributed by atoms with van der Waals surface area (Å²) in [6.45, 7) is -0.559. The number of hydrogen-bond donors (Lipinski definition) is 2. The van der Waals surface area contributed by atoms with Gasteiger partial charge in [0.25, 0.3) is 15.7 Å². The van der Waals surface area contributed by atoms with Gasteiger partial charge in [-0.2, -0.15) is 27.0 Å². The number of rotatable bonds is 5. The minimum absolute atomic E-state index is 0.400. The molecule has 0 radical (unpaired) electrons. The fourth-order valence-corrected chi connectivity index (χ4v) is 2.72. The molecule has 0 saturated carbocycles. The highest BCUT2D eigenvalue weighted by Gasteiger charge is 2.72. The Kier molecular flexibility index (Phi) is 5.71. The van der Waals surface area contributed by atoms with Gasteiger partial charge in [-0.05, 0) is 31.2 Å². The maximum atomic E-state index is 13.9. The van der Waals surface area contributed by atoms with E-state index in [9.17, 15) is 39.6 Å². The molecule has 2 amide bonds. The van der Waals surface area contributed by atoms with E-state index in [1.165, 1.54) is 12.1 Å². The van der Waals surface area contributed by atoms with Gasteiger partial charge in [0.15, 0.2) is 0 Å². The molecule has 0 heterocycles. The molecule has 0 spiro atoms. The third-order valence-electron chi connectivity index (χ3n) is 2.93. The number of nitrogens with zero attached hydrogens (tertiary/aromatic N) is 1.